The van der Waals surface area contributed by atoms with E-state index in [9.17, 15) is 5.11 Å². The molecule has 0 aromatic heterocycles. The fourth-order valence-electron chi connectivity index (χ4n) is 4.40. The Morgan fingerprint density at radius 3 is 2.74 bits per heavy atom. The second kappa shape index (κ2) is 7.06. The molecule has 0 aliphatic carbocycles. The maximum Gasteiger partial charge on any atom is 0.231 e. The van der Waals surface area contributed by atoms with Gasteiger partial charge in [-0.05, 0) is 23.6 Å². The molecule has 2 aromatic carbocycles. The number of aliphatic hydroxyl groups excluding tert-OH is 1. The van der Waals surface area contributed by atoms with Crippen LogP contribution in [0.5, 0.6) is 17.2 Å². The van der Waals surface area contributed by atoms with Crippen LogP contribution in [0.3, 0.4) is 0 Å². The highest BCUT2D eigenvalue weighted by Gasteiger charge is 2.42. The monoisotopic (exact) mass is 370 g/mol. The largest absolute Gasteiger partial charge is 0.492 e. The predicted molar refractivity (Wildman–Crippen MR) is 103 cm³/mol. The molecule has 0 unspecified atom stereocenters. The van der Waals surface area contributed by atoms with E-state index in [2.05, 4.69) is 32.3 Å². The minimum Gasteiger partial charge on any atom is -0.492 e. The van der Waals surface area contributed by atoms with Crippen molar-refractivity contribution in [2.45, 2.75) is 31.4 Å². The van der Waals surface area contributed by atoms with Gasteiger partial charge in [0.1, 0.15) is 6.04 Å². The maximum atomic E-state index is 10.9. The smallest absolute Gasteiger partial charge is 0.231 e. The fourth-order valence-corrected chi connectivity index (χ4v) is 4.40. The van der Waals surface area contributed by atoms with E-state index in [1.165, 1.54) is 5.56 Å². The number of ether oxygens (including phenoxy) is 3. The van der Waals surface area contributed by atoms with E-state index in [-0.39, 0.29) is 12.8 Å². The zero-order valence-electron chi connectivity index (χ0n) is 16.3. The molecule has 4 rings (SSSR count). The highest BCUT2D eigenvalue weighted by molar-refractivity contribution is 5.61. The Hall–Kier alpha value is -2.24. The van der Waals surface area contributed by atoms with Gasteiger partial charge in [-0.15, -0.1) is 0 Å². The molecule has 144 valence electrons. The number of hydrogen-bond donors (Lipinski definition) is 1. The molecule has 0 spiro atoms. The number of benzene rings is 2. The summed E-state index contributed by atoms with van der Waals surface area (Å²) in [5, 5.41) is 10.9. The molecule has 0 radical (unpaired) electrons. The molecular formula is C22H28NO4+. The Balaban J connectivity index is 1.68. The molecule has 27 heavy (non-hydrogen) atoms. The number of hydrogen-bond acceptors (Lipinski definition) is 4. The second-order valence-electron chi connectivity index (χ2n) is 8.06. The Labute approximate surface area is 160 Å². The number of nitrogens with zero attached hydrogens (tertiary/aromatic N) is 1. The molecule has 5 nitrogen and oxygen atoms in total. The molecule has 0 amide bonds. The molecule has 0 fully saturated rings. The van der Waals surface area contributed by atoms with E-state index < -0.39 is 6.10 Å². The van der Waals surface area contributed by atoms with Crippen molar-refractivity contribution < 1.29 is 23.8 Å². The normalized spacial score (nSPS) is 20.8. The lowest BCUT2D eigenvalue weighted by Gasteiger charge is -2.44. The highest BCUT2D eigenvalue weighted by atomic mass is 16.7. The van der Waals surface area contributed by atoms with Crippen LogP contribution in [0.1, 0.15) is 29.2 Å². The van der Waals surface area contributed by atoms with Gasteiger partial charge in [0.2, 0.25) is 12.5 Å². The van der Waals surface area contributed by atoms with Gasteiger partial charge in [-0.3, -0.25) is 0 Å². The van der Waals surface area contributed by atoms with Gasteiger partial charge in [0, 0.05) is 12.8 Å². The molecule has 0 saturated heterocycles. The van der Waals surface area contributed by atoms with E-state index in [1.807, 2.05) is 18.2 Å². The lowest BCUT2D eigenvalue weighted by Crippen LogP contribution is -2.49. The van der Waals surface area contributed by atoms with Gasteiger partial charge >= 0.3 is 0 Å². The molecule has 2 aliphatic rings. The first-order chi connectivity index (χ1) is 13.0. The van der Waals surface area contributed by atoms with Gasteiger partial charge < -0.3 is 23.8 Å². The van der Waals surface area contributed by atoms with Crippen LogP contribution in [0.15, 0.2) is 36.4 Å². The predicted octanol–water partition coefficient (Wildman–Crippen LogP) is 3.09. The van der Waals surface area contributed by atoms with Crippen molar-refractivity contribution in [3.8, 4) is 17.2 Å². The molecule has 0 saturated carbocycles. The van der Waals surface area contributed by atoms with Gasteiger partial charge in [-0.2, -0.15) is 0 Å². The Bertz CT molecular complexity index is 819. The van der Waals surface area contributed by atoms with Crippen molar-refractivity contribution in [2.24, 2.45) is 0 Å². The van der Waals surface area contributed by atoms with Crippen LogP contribution in [0.25, 0.3) is 0 Å². The number of quaternary nitrogens is 1. The molecule has 2 heterocycles. The summed E-state index contributed by atoms with van der Waals surface area (Å²) < 4.78 is 17.9. The van der Waals surface area contributed by atoms with Crippen molar-refractivity contribution >= 4 is 0 Å². The minimum atomic E-state index is -0.420. The molecule has 5 heteroatoms. The van der Waals surface area contributed by atoms with Crippen LogP contribution in [-0.2, 0) is 12.8 Å². The Morgan fingerprint density at radius 2 is 2.00 bits per heavy atom. The van der Waals surface area contributed by atoms with Gasteiger partial charge in [-0.1, -0.05) is 30.3 Å². The van der Waals surface area contributed by atoms with Crippen LogP contribution in [0, 0.1) is 0 Å². The summed E-state index contributed by atoms with van der Waals surface area (Å²) in [6.07, 6.45) is 1.86. The molecule has 2 aromatic rings. The second-order valence-corrected chi connectivity index (χ2v) is 8.06. The van der Waals surface area contributed by atoms with Gasteiger partial charge in [-0.25, -0.2) is 0 Å². The van der Waals surface area contributed by atoms with Gasteiger partial charge in [0.25, 0.3) is 0 Å². The van der Waals surface area contributed by atoms with Crippen molar-refractivity contribution in [3.63, 3.8) is 0 Å². The first-order valence-corrected chi connectivity index (χ1v) is 9.53. The summed E-state index contributed by atoms with van der Waals surface area (Å²) in [5.41, 5.74) is 3.56. The molecule has 2 aliphatic heterocycles. The van der Waals surface area contributed by atoms with Crippen LogP contribution < -0.4 is 14.2 Å². The fraction of sp³-hybridized carbons (Fsp3) is 0.455. The first-order valence-electron chi connectivity index (χ1n) is 9.53. The number of likely N-dealkylation sites (N-methyl/N-ethyl adjacent to an activating group) is 1. The molecular weight excluding hydrogens is 342 g/mol. The summed E-state index contributed by atoms with van der Waals surface area (Å²) in [7, 11) is 6.14. The summed E-state index contributed by atoms with van der Waals surface area (Å²) in [6.45, 7) is 1.24. The van der Waals surface area contributed by atoms with E-state index in [0.717, 1.165) is 40.1 Å². The lowest BCUT2D eigenvalue weighted by molar-refractivity contribution is -0.924. The van der Waals surface area contributed by atoms with Crippen LogP contribution in [0.2, 0.25) is 0 Å². The molecule has 1 N–H and O–H groups in total. The van der Waals surface area contributed by atoms with Gasteiger partial charge in [0.15, 0.2) is 11.5 Å². The summed E-state index contributed by atoms with van der Waals surface area (Å²) >= 11 is 0. The minimum absolute atomic E-state index is 0.136. The van der Waals surface area contributed by atoms with E-state index in [1.54, 1.807) is 7.11 Å². The van der Waals surface area contributed by atoms with E-state index in [4.69, 9.17) is 14.2 Å². The van der Waals surface area contributed by atoms with Crippen LogP contribution in [-0.4, -0.2) is 50.2 Å². The van der Waals surface area contributed by atoms with Crippen molar-refractivity contribution in [3.05, 3.63) is 53.1 Å². The van der Waals surface area contributed by atoms with Crippen LogP contribution in [0.4, 0.5) is 0 Å². The first kappa shape index (κ1) is 18.1. The molecule has 2 atom stereocenters. The highest BCUT2D eigenvalue weighted by Crippen LogP contribution is 2.51. The topological polar surface area (TPSA) is 47.9 Å². The van der Waals surface area contributed by atoms with Crippen molar-refractivity contribution in [2.75, 3.05) is 34.5 Å². The van der Waals surface area contributed by atoms with Crippen LogP contribution >= 0.6 is 0 Å². The van der Waals surface area contributed by atoms with Gasteiger partial charge in [0.05, 0.1) is 39.4 Å². The number of fused-ring (bicyclic) bond motifs is 2. The number of aliphatic hydroxyl groups is 1. The SMILES string of the molecule is COc1c2c(cc3c1[C@H](C[C@@H](O)Cc1ccccc1)[N+](C)(C)CC3)OCO2. The Morgan fingerprint density at radius 1 is 1.22 bits per heavy atom. The maximum absolute atomic E-state index is 10.9. The lowest BCUT2D eigenvalue weighted by atomic mass is 9.85. The average molecular weight is 370 g/mol. The quantitative estimate of drug-likeness (QED) is 0.822. The standard InChI is InChI=1S/C22H28NO4/c1-23(2)10-9-16-12-19-21(27-14-26-19)22(25-3)20(16)18(23)13-17(24)11-15-7-5-4-6-8-15/h4-8,12,17-18,24H,9-11,13-14H2,1-3H3/q+1/t17-,18-/m0/s1. The molecule has 0 bridgehead atoms. The van der Waals surface area contributed by atoms with E-state index >= 15 is 0 Å². The number of rotatable bonds is 5. The van der Waals surface area contributed by atoms with Crippen molar-refractivity contribution in [1.82, 2.24) is 0 Å². The van der Waals surface area contributed by atoms with E-state index in [0.29, 0.717) is 18.6 Å². The third kappa shape index (κ3) is 3.37. The average Bonchev–Trinajstić information content (AvgIpc) is 3.11. The zero-order valence-corrected chi connectivity index (χ0v) is 16.3. The Kier molecular flexibility index (Phi) is 4.74. The number of methoxy groups -OCH3 is 1. The third-order valence-corrected chi connectivity index (χ3v) is 5.89. The third-order valence-electron chi connectivity index (χ3n) is 5.89. The zero-order chi connectivity index (χ0) is 19.0. The summed E-state index contributed by atoms with van der Waals surface area (Å²) in [6, 6.07) is 12.4. The van der Waals surface area contributed by atoms with Crippen molar-refractivity contribution in [1.29, 1.82) is 0 Å². The summed E-state index contributed by atoms with van der Waals surface area (Å²) in [5.74, 6) is 2.23. The summed E-state index contributed by atoms with van der Waals surface area (Å²) in [4.78, 5) is 0.